The molecule has 0 bridgehead atoms. The van der Waals surface area contributed by atoms with Crippen molar-refractivity contribution in [1.29, 1.82) is 0 Å². The number of rotatable bonds is 4. The van der Waals surface area contributed by atoms with Crippen LogP contribution in [0.25, 0.3) is 0 Å². The summed E-state index contributed by atoms with van der Waals surface area (Å²) >= 11 is 0. The lowest BCUT2D eigenvalue weighted by atomic mass is 10.2. The molecule has 0 aromatic heterocycles. The third-order valence-corrected chi connectivity index (χ3v) is 0.892. The molecule has 0 aliphatic carbocycles. The smallest absolute Gasteiger partial charge is 0.0564 e. The van der Waals surface area contributed by atoms with E-state index in [1.54, 1.807) is 0 Å². The molecule has 0 atom stereocenters. The van der Waals surface area contributed by atoms with E-state index in [1.807, 2.05) is 6.92 Å². The van der Waals surface area contributed by atoms with Crippen molar-refractivity contribution in [1.82, 2.24) is 0 Å². The van der Waals surface area contributed by atoms with Gasteiger partial charge in [-0.15, -0.1) is 0 Å². The van der Waals surface area contributed by atoms with E-state index in [4.69, 9.17) is 7.85 Å². The lowest BCUT2D eigenvalue weighted by Gasteiger charge is -1.90. The lowest BCUT2D eigenvalue weighted by molar-refractivity contribution is 0.283. The second-order valence-corrected chi connectivity index (χ2v) is 1.62. The van der Waals surface area contributed by atoms with Gasteiger partial charge in [-0.1, -0.05) is 26.2 Å². The first-order chi connectivity index (χ1) is 4.06. The maximum Gasteiger partial charge on any atom is 0.0564 e. The zero-order valence-corrected chi connectivity index (χ0v) is 4.78. The normalized spacial score (nSPS) is 15.7. The highest BCUT2D eigenvalue weighted by atomic mass is 16.2. The van der Waals surface area contributed by atoms with Crippen LogP contribution in [0.1, 0.15) is 35.3 Å². The van der Waals surface area contributed by atoms with Gasteiger partial charge in [-0.2, -0.15) is 0 Å². The Balaban J connectivity index is 3.07. The van der Waals surface area contributed by atoms with Gasteiger partial charge in [0.2, 0.25) is 0 Å². The quantitative estimate of drug-likeness (QED) is 0.537. The first-order valence-corrected chi connectivity index (χ1v) is 2.78. The molecule has 0 saturated heterocycles. The fraction of sp³-hybridized carbons (Fsp3) is 1.00. The van der Waals surface area contributed by atoms with Crippen LogP contribution in [0.5, 0.6) is 0 Å². The van der Waals surface area contributed by atoms with Crippen LogP contribution in [0.4, 0.5) is 0 Å². The lowest BCUT2D eigenvalue weighted by Crippen LogP contribution is -1.80. The van der Waals surface area contributed by atoms with Gasteiger partial charge in [0.25, 0.3) is 0 Å². The molecule has 44 valence electrons. The van der Waals surface area contributed by atoms with Gasteiger partial charge in [0.15, 0.2) is 0 Å². The predicted molar refractivity (Wildman–Crippen MR) is 31.2 cm³/mol. The predicted octanol–water partition coefficient (Wildman–Crippen LogP) is 1.56. The van der Waals surface area contributed by atoms with E-state index in [9.17, 15) is 0 Å². The van der Waals surface area contributed by atoms with Crippen molar-refractivity contribution in [3.8, 4) is 0 Å². The maximum absolute atomic E-state index is 8.58. The standard InChI is InChI=1S/C6H14O/c1-2-3-4-5-6-7/h7H,2-6H2,1H3/i6D2. The molecule has 0 unspecified atom stereocenters. The Morgan fingerprint density at radius 2 is 2.14 bits per heavy atom. The molecule has 0 radical (unpaired) electrons. The molecule has 7 heavy (non-hydrogen) atoms. The maximum atomic E-state index is 8.58. The minimum atomic E-state index is -1.95. The van der Waals surface area contributed by atoms with Crippen LogP contribution in [0.15, 0.2) is 0 Å². The molecule has 0 heterocycles. The Kier molecular flexibility index (Phi) is 3.32. The van der Waals surface area contributed by atoms with Crippen molar-refractivity contribution < 1.29 is 7.85 Å². The molecule has 0 fully saturated rings. The van der Waals surface area contributed by atoms with Gasteiger partial charge in [0.05, 0.1) is 2.74 Å². The Labute approximate surface area is 48.2 Å². The Morgan fingerprint density at radius 3 is 2.57 bits per heavy atom. The van der Waals surface area contributed by atoms with E-state index in [-0.39, 0.29) is 6.42 Å². The zero-order chi connectivity index (χ0) is 7.33. The summed E-state index contributed by atoms with van der Waals surface area (Å²) in [4.78, 5) is 0. The molecular weight excluding hydrogens is 88.1 g/mol. The van der Waals surface area contributed by atoms with Crippen LogP contribution in [-0.2, 0) is 0 Å². The van der Waals surface area contributed by atoms with E-state index in [0.717, 1.165) is 19.3 Å². The summed E-state index contributed by atoms with van der Waals surface area (Å²) in [5.41, 5.74) is 0. The van der Waals surface area contributed by atoms with Crippen molar-refractivity contribution in [2.24, 2.45) is 0 Å². The van der Waals surface area contributed by atoms with E-state index in [0.29, 0.717) is 0 Å². The third-order valence-electron chi connectivity index (χ3n) is 0.892. The van der Waals surface area contributed by atoms with Crippen LogP contribution in [0, 0.1) is 0 Å². The Morgan fingerprint density at radius 1 is 1.43 bits per heavy atom. The highest BCUT2D eigenvalue weighted by Crippen LogP contribution is 1.95. The van der Waals surface area contributed by atoms with E-state index < -0.39 is 6.56 Å². The van der Waals surface area contributed by atoms with Crippen LogP contribution >= 0.6 is 0 Å². The largest absolute Gasteiger partial charge is 0.396 e. The highest BCUT2D eigenvalue weighted by molar-refractivity contribution is 4.35. The van der Waals surface area contributed by atoms with E-state index in [2.05, 4.69) is 0 Å². The summed E-state index contributed by atoms with van der Waals surface area (Å²) in [5, 5.41) is 8.58. The van der Waals surface area contributed by atoms with Gasteiger partial charge in [0.1, 0.15) is 0 Å². The van der Waals surface area contributed by atoms with Crippen LogP contribution in [0.2, 0.25) is 0 Å². The molecular formula is C6H14O. The fourth-order valence-corrected chi connectivity index (χ4v) is 0.454. The van der Waals surface area contributed by atoms with Gasteiger partial charge in [-0.05, 0) is 6.42 Å². The van der Waals surface area contributed by atoms with Crippen molar-refractivity contribution in [2.45, 2.75) is 32.6 Å². The van der Waals surface area contributed by atoms with Crippen LogP contribution in [0.3, 0.4) is 0 Å². The monoisotopic (exact) mass is 104 g/mol. The summed E-state index contributed by atoms with van der Waals surface area (Å²) in [5.74, 6) is 0. The molecule has 0 saturated carbocycles. The van der Waals surface area contributed by atoms with E-state index >= 15 is 0 Å². The van der Waals surface area contributed by atoms with Crippen LogP contribution in [-0.4, -0.2) is 11.7 Å². The van der Waals surface area contributed by atoms with Crippen molar-refractivity contribution >= 4 is 0 Å². The SMILES string of the molecule is [2H]C([2H])(O)CCCCC. The summed E-state index contributed by atoms with van der Waals surface area (Å²) < 4.78 is 13.5. The fourth-order valence-electron chi connectivity index (χ4n) is 0.454. The van der Waals surface area contributed by atoms with Gasteiger partial charge < -0.3 is 5.11 Å². The summed E-state index contributed by atoms with van der Waals surface area (Å²) in [7, 11) is 0. The second-order valence-electron chi connectivity index (χ2n) is 1.62. The minimum Gasteiger partial charge on any atom is -0.396 e. The van der Waals surface area contributed by atoms with Crippen LogP contribution < -0.4 is 0 Å². The molecule has 1 N–H and O–H groups in total. The molecule has 0 spiro atoms. The van der Waals surface area contributed by atoms with Crippen molar-refractivity contribution in [3.05, 3.63) is 0 Å². The molecule has 0 aliphatic heterocycles. The molecule has 1 nitrogen and oxygen atoms in total. The minimum absolute atomic E-state index is 0.265. The molecule has 0 aromatic rings. The van der Waals surface area contributed by atoms with E-state index in [1.165, 1.54) is 0 Å². The van der Waals surface area contributed by atoms with Gasteiger partial charge >= 0.3 is 0 Å². The third kappa shape index (κ3) is 5.96. The zero-order valence-electron chi connectivity index (χ0n) is 6.78. The first-order valence-electron chi connectivity index (χ1n) is 3.78. The molecule has 0 amide bonds. The van der Waals surface area contributed by atoms with Gasteiger partial charge in [-0.3, -0.25) is 0 Å². The van der Waals surface area contributed by atoms with Crippen molar-refractivity contribution in [3.63, 3.8) is 0 Å². The molecule has 0 aromatic carbocycles. The Bertz CT molecular complexity index is 67.9. The topological polar surface area (TPSA) is 20.2 Å². The van der Waals surface area contributed by atoms with Gasteiger partial charge in [0, 0.05) is 6.56 Å². The highest BCUT2D eigenvalue weighted by Gasteiger charge is 1.80. The van der Waals surface area contributed by atoms with Crippen molar-refractivity contribution in [2.75, 3.05) is 6.56 Å². The molecule has 0 aliphatic rings. The number of hydrogen-bond donors (Lipinski definition) is 1. The summed E-state index contributed by atoms with van der Waals surface area (Å²) in [6.45, 7) is 0.0993. The Hall–Kier alpha value is -0.0400. The average Bonchev–Trinajstić information content (AvgIpc) is 1.63. The molecule has 1 heteroatoms. The average molecular weight is 104 g/mol. The number of hydrogen-bond acceptors (Lipinski definition) is 1. The number of aliphatic hydroxyl groups is 1. The van der Waals surface area contributed by atoms with Gasteiger partial charge in [-0.25, -0.2) is 0 Å². The second kappa shape index (κ2) is 5.96. The molecule has 0 rings (SSSR count). The summed E-state index contributed by atoms with van der Waals surface area (Å²) in [6, 6.07) is 0. The summed E-state index contributed by atoms with van der Waals surface area (Å²) in [6.07, 6.45) is 3.11. The first kappa shape index (κ1) is 3.90. The number of unbranched alkanes of at least 4 members (excludes halogenated alkanes) is 2.